The molecule has 7 nitrogen and oxygen atoms in total. The van der Waals surface area contributed by atoms with Crippen LogP contribution in [0.15, 0.2) is 47.6 Å². The Morgan fingerprint density at radius 1 is 1.17 bits per heavy atom. The van der Waals surface area contributed by atoms with Crippen LogP contribution in [0.1, 0.15) is 25.0 Å². The van der Waals surface area contributed by atoms with Gasteiger partial charge in [0.15, 0.2) is 5.17 Å². The van der Waals surface area contributed by atoms with E-state index in [4.69, 9.17) is 23.2 Å². The van der Waals surface area contributed by atoms with Crippen LogP contribution in [0.2, 0.25) is 10.0 Å². The smallest absolute Gasteiger partial charge is 0.271 e. The van der Waals surface area contributed by atoms with Gasteiger partial charge in [0.1, 0.15) is 0 Å². The number of para-hydroxylation sites is 1. The van der Waals surface area contributed by atoms with E-state index < -0.39 is 10.8 Å². The monoisotopic (exact) mass is 462 g/mol. The predicted molar refractivity (Wildman–Crippen MR) is 117 cm³/mol. The highest BCUT2D eigenvalue weighted by Gasteiger charge is 2.61. The Balaban J connectivity index is 1.80. The van der Waals surface area contributed by atoms with Gasteiger partial charge in [-0.25, -0.2) is 0 Å². The molecule has 0 aromatic heterocycles. The van der Waals surface area contributed by atoms with Crippen LogP contribution in [0, 0.1) is 0 Å². The molecule has 2 aromatic carbocycles. The van der Waals surface area contributed by atoms with Crippen LogP contribution in [-0.2, 0) is 25.8 Å². The Hall–Kier alpha value is -2.55. The van der Waals surface area contributed by atoms with Crippen LogP contribution in [0.3, 0.4) is 0 Å². The predicted octanol–water partition coefficient (Wildman–Crippen LogP) is 3.70. The Kier molecular flexibility index (Phi) is 5.25. The zero-order chi connectivity index (χ0) is 21.6. The Morgan fingerprint density at radius 3 is 2.57 bits per heavy atom. The topological polar surface area (TPSA) is 82.1 Å². The molecule has 0 aliphatic carbocycles. The number of amidine groups is 1. The highest BCUT2D eigenvalue weighted by Crippen LogP contribution is 2.54. The van der Waals surface area contributed by atoms with Crippen molar-refractivity contribution in [3.8, 4) is 0 Å². The SMILES string of the molecule is CC(=O)NC1=NN(C(C)=O)[C@@]2(S1)C(=O)N(Cc1ccc(Cl)cc1Cl)c1ccccc12. The number of carbonyl (C=O) groups excluding carboxylic acids is 3. The van der Waals surface area contributed by atoms with Crippen molar-refractivity contribution in [1.82, 2.24) is 10.3 Å². The van der Waals surface area contributed by atoms with Gasteiger partial charge in [-0.3, -0.25) is 14.4 Å². The van der Waals surface area contributed by atoms with Gasteiger partial charge in [-0.1, -0.05) is 47.5 Å². The maximum atomic E-state index is 13.8. The molecule has 0 fully saturated rings. The number of amides is 3. The molecule has 10 heteroatoms. The quantitative estimate of drug-likeness (QED) is 0.737. The van der Waals surface area contributed by atoms with Crippen LogP contribution >= 0.6 is 35.0 Å². The van der Waals surface area contributed by atoms with E-state index in [1.165, 1.54) is 13.8 Å². The van der Waals surface area contributed by atoms with Gasteiger partial charge in [0.25, 0.3) is 5.91 Å². The molecule has 1 atom stereocenters. The highest BCUT2D eigenvalue weighted by molar-refractivity contribution is 8.15. The van der Waals surface area contributed by atoms with E-state index >= 15 is 0 Å². The molecule has 1 N–H and O–H groups in total. The number of fused-ring (bicyclic) bond motifs is 2. The molecule has 154 valence electrons. The fraction of sp³-hybridized carbons (Fsp3) is 0.200. The number of hydrogen-bond acceptors (Lipinski definition) is 5. The Morgan fingerprint density at radius 2 is 1.90 bits per heavy atom. The molecule has 0 radical (unpaired) electrons. The first-order valence-corrected chi connectivity index (χ1v) is 10.5. The number of nitrogens with one attached hydrogen (secondary N) is 1. The summed E-state index contributed by atoms with van der Waals surface area (Å²) in [5.74, 6) is -1.11. The summed E-state index contributed by atoms with van der Waals surface area (Å²) in [6, 6.07) is 12.3. The minimum Gasteiger partial charge on any atom is -0.304 e. The Labute approximate surface area is 187 Å². The van der Waals surface area contributed by atoms with Crippen LogP contribution in [0.4, 0.5) is 5.69 Å². The molecular weight excluding hydrogens is 447 g/mol. The number of hydrazone groups is 1. The van der Waals surface area contributed by atoms with Gasteiger partial charge >= 0.3 is 0 Å². The standard InChI is InChI=1S/C20H16Cl2N4O3S/c1-11(27)23-19-24-26(12(2)28)20(30-19)15-5-3-4-6-17(15)25(18(20)29)10-13-7-8-14(21)9-16(13)22/h3-9H,10H2,1-2H3,(H,23,24,27)/t20-/m0/s1. The van der Waals surface area contributed by atoms with Gasteiger partial charge in [-0.2, -0.15) is 5.01 Å². The lowest BCUT2D eigenvalue weighted by Crippen LogP contribution is -2.48. The zero-order valence-corrected chi connectivity index (χ0v) is 18.3. The maximum absolute atomic E-state index is 13.8. The summed E-state index contributed by atoms with van der Waals surface area (Å²) < 4.78 is 0. The number of rotatable bonds is 2. The Bertz CT molecular complexity index is 1120. The molecule has 30 heavy (non-hydrogen) atoms. The molecule has 2 aliphatic rings. The molecule has 2 heterocycles. The number of anilines is 1. The largest absolute Gasteiger partial charge is 0.304 e. The first-order chi connectivity index (χ1) is 14.2. The zero-order valence-electron chi connectivity index (χ0n) is 16.0. The van der Waals surface area contributed by atoms with Crippen molar-refractivity contribution in [1.29, 1.82) is 0 Å². The van der Waals surface area contributed by atoms with Gasteiger partial charge in [0.2, 0.25) is 16.7 Å². The van der Waals surface area contributed by atoms with Gasteiger partial charge in [-0.05, 0) is 35.5 Å². The second-order valence-corrected chi connectivity index (χ2v) is 8.83. The summed E-state index contributed by atoms with van der Waals surface area (Å²) in [4.78, 5) is 37.9. The van der Waals surface area contributed by atoms with Crippen molar-refractivity contribution in [3.05, 3.63) is 63.6 Å². The lowest BCUT2D eigenvalue weighted by Gasteiger charge is -2.29. The van der Waals surface area contributed by atoms with E-state index in [2.05, 4.69) is 10.4 Å². The number of halogens is 2. The number of benzene rings is 2. The molecule has 1 spiro atoms. The molecule has 2 aromatic rings. The first kappa shape index (κ1) is 20.7. The van der Waals surface area contributed by atoms with E-state index in [0.717, 1.165) is 16.8 Å². The van der Waals surface area contributed by atoms with Gasteiger partial charge in [-0.15, -0.1) is 5.10 Å². The van der Waals surface area contributed by atoms with E-state index in [1.54, 1.807) is 41.3 Å². The second kappa shape index (κ2) is 7.61. The van der Waals surface area contributed by atoms with E-state index in [9.17, 15) is 14.4 Å². The summed E-state index contributed by atoms with van der Waals surface area (Å²) in [7, 11) is 0. The van der Waals surface area contributed by atoms with Crippen LogP contribution < -0.4 is 10.2 Å². The average Bonchev–Trinajstić information content (AvgIpc) is 3.16. The van der Waals surface area contributed by atoms with E-state index in [1.807, 2.05) is 6.07 Å². The van der Waals surface area contributed by atoms with Crippen molar-refractivity contribution < 1.29 is 14.4 Å². The van der Waals surface area contributed by atoms with Crippen molar-refractivity contribution in [2.75, 3.05) is 4.90 Å². The van der Waals surface area contributed by atoms with Gasteiger partial charge < -0.3 is 10.2 Å². The molecule has 2 aliphatic heterocycles. The summed E-state index contributed by atoms with van der Waals surface area (Å²) in [5.41, 5.74) is 1.97. The third kappa shape index (κ3) is 3.25. The van der Waals surface area contributed by atoms with E-state index in [0.29, 0.717) is 26.9 Å². The number of nitrogens with zero attached hydrogens (tertiary/aromatic N) is 3. The van der Waals surface area contributed by atoms with Crippen molar-refractivity contribution in [3.63, 3.8) is 0 Å². The number of hydrogen-bond donors (Lipinski definition) is 1. The van der Waals surface area contributed by atoms with Crippen molar-refractivity contribution in [2.24, 2.45) is 5.10 Å². The lowest BCUT2D eigenvalue weighted by molar-refractivity contribution is -0.139. The van der Waals surface area contributed by atoms with Crippen LogP contribution in [-0.4, -0.2) is 27.9 Å². The minimum atomic E-state index is -1.43. The normalized spacial score (nSPS) is 19.9. The van der Waals surface area contributed by atoms with Crippen LogP contribution in [0.5, 0.6) is 0 Å². The molecule has 0 saturated heterocycles. The molecule has 3 amide bonds. The van der Waals surface area contributed by atoms with E-state index in [-0.39, 0.29) is 23.5 Å². The van der Waals surface area contributed by atoms with Gasteiger partial charge in [0.05, 0.1) is 12.2 Å². The second-order valence-electron chi connectivity index (χ2n) is 6.81. The highest BCUT2D eigenvalue weighted by atomic mass is 35.5. The molecule has 4 rings (SSSR count). The number of thioether (sulfide) groups is 1. The molecular formula is C20H16Cl2N4O3S. The first-order valence-electron chi connectivity index (χ1n) is 8.95. The summed E-state index contributed by atoms with van der Waals surface area (Å²) in [6.45, 7) is 2.86. The fourth-order valence-electron chi connectivity index (χ4n) is 3.54. The van der Waals surface area contributed by atoms with Crippen molar-refractivity contribution >= 4 is 63.5 Å². The average molecular weight is 463 g/mol. The molecule has 0 bridgehead atoms. The van der Waals surface area contributed by atoms with Crippen LogP contribution in [0.25, 0.3) is 0 Å². The third-order valence-corrected chi connectivity index (χ3v) is 6.58. The molecule has 0 unspecified atom stereocenters. The fourth-order valence-corrected chi connectivity index (χ4v) is 5.34. The van der Waals surface area contributed by atoms with Crippen molar-refractivity contribution in [2.45, 2.75) is 25.3 Å². The third-order valence-electron chi connectivity index (χ3n) is 4.75. The number of carbonyl (C=O) groups is 3. The summed E-state index contributed by atoms with van der Waals surface area (Å²) >= 11 is 13.4. The maximum Gasteiger partial charge on any atom is 0.271 e. The minimum absolute atomic E-state index is 0.187. The lowest BCUT2D eigenvalue weighted by atomic mass is 10.1. The van der Waals surface area contributed by atoms with Gasteiger partial charge in [0, 0.05) is 29.5 Å². The summed E-state index contributed by atoms with van der Waals surface area (Å²) in [6.07, 6.45) is 0. The summed E-state index contributed by atoms with van der Waals surface area (Å²) in [5, 5.41) is 9.06. The molecule has 0 saturated carbocycles.